The molecular weight excluding hydrogens is 331 g/mol. The summed E-state index contributed by atoms with van der Waals surface area (Å²) < 4.78 is 45.5. The molecule has 134 valence electrons. The maximum absolute atomic E-state index is 13.0. The van der Waals surface area contributed by atoms with Gasteiger partial charge in [0.05, 0.1) is 5.41 Å². The molecule has 7 heteroatoms. The molecule has 2 aromatic rings. The van der Waals surface area contributed by atoms with E-state index in [2.05, 4.69) is 10.1 Å². The van der Waals surface area contributed by atoms with E-state index >= 15 is 0 Å². The molecule has 1 aromatic heterocycles. The van der Waals surface area contributed by atoms with Crippen molar-refractivity contribution in [3.63, 3.8) is 0 Å². The van der Waals surface area contributed by atoms with Gasteiger partial charge in [-0.05, 0) is 31.2 Å². The van der Waals surface area contributed by atoms with Crippen LogP contribution >= 0.6 is 0 Å². The number of benzene rings is 1. The van der Waals surface area contributed by atoms with Crippen LogP contribution in [0.3, 0.4) is 0 Å². The smallest absolute Gasteiger partial charge is 0.381 e. The third-order valence-electron chi connectivity index (χ3n) is 5.12. The molecule has 0 N–H and O–H groups in total. The molecule has 1 saturated heterocycles. The molecule has 2 heterocycles. The van der Waals surface area contributed by atoms with E-state index < -0.39 is 12.7 Å². The van der Waals surface area contributed by atoms with E-state index in [1.54, 1.807) is 0 Å². The lowest BCUT2D eigenvalue weighted by atomic mass is 9.95. The van der Waals surface area contributed by atoms with Gasteiger partial charge in [-0.3, -0.25) is 0 Å². The van der Waals surface area contributed by atoms with E-state index in [0.29, 0.717) is 37.7 Å². The molecule has 4 rings (SSSR count). The van der Waals surface area contributed by atoms with Crippen molar-refractivity contribution >= 4 is 0 Å². The zero-order valence-corrected chi connectivity index (χ0v) is 13.8. The lowest BCUT2D eigenvalue weighted by Gasteiger charge is -2.22. The Morgan fingerprint density at radius 3 is 2.40 bits per heavy atom. The highest BCUT2D eigenvalue weighted by molar-refractivity contribution is 5.39. The molecule has 0 atom stereocenters. The number of halogens is 3. The number of hydrogen-bond donors (Lipinski definition) is 0. The van der Waals surface area contributed by atoms with Crippen LogP contribution in [0.1, 0.15) is 48.8 Å². The predicted molar refractivity (Wildman–Crippen MR) is 85.3 cm³/mol. The van der Waals surface area contributed by atoms with Gasteiger partial charge < -0.3 is 4.74 Å². The average molecular weight is 351 g/mol. The molecule has 2 aliphatic rings. The Labute approximate surface area is 144 Å². The second kappa shape index (κ2) is 6.12. The van der Waals surface area contributed by atoms with Crippen molar-refractivity contribution in [1.29, 1.82) is 0 Å². The molecule has 1 aliphatic heterocycles. The minimum absolute atomic E-state index is 0.0241. The average Bonchev–Trinajstić information content (AvgIpc) is 3.31. The molecule has 1 aromatic carbocycles. The fourth-order valence-corrected chi connectivity index (χ4v) is 3.62. The fourth-order valence-electron chi connectivity index (χ4n) is 3.62. The quantitative estimate of drug-likeness (QED) is 0.841. The summed E-state index contributed by atoms with van der Waals surface area (Å²) in [7, 11) is 0. The molecule has 0 spiro atoms. The van der Waals surface area contributed by atoms with Crippen molar-refractivity contribution in [3.05, 3.63) is 47.5 Å². The number of hydrogen-bond acceptors (Lipinski definition) is 3. The van der Waals surface area contributed by atoms with Gasteiger partial charge in [0.1, 0.15) is 12.4 Å². The van der Waals surface area contributed by atoms with Crippen LogP contribution in [-0.2, 0) is 16.7 Å². The number of alkyl halides is 3. The van der Waals surface area contributed by atoms with Gasteiger partial charge in [-0.2, -0.15) is 18.3 Å². The molecule has 2 fully saturated rings. The number of rotatable bonds is 4. The minimum atomic E-state index is -4.31. The summed E-state index contributed by atoms with van der Waals surface area (Å²) >= 11 is 0. The fraction of sp³-hybridized carbons (Fsp3) is 0.556. The summed E-state index contributed by atoms with van der Waals surface area (Å²) in [5.74, 6) is 0.964. The summed E-state index contributed by atoms with van der Waals surface area (Å²) in [6.07, 6.45) is -1.18. The summed E-state index contributed by atoms with van der Waals surface area (Å²) in [5.41, 5.74) is 0.760. The Morgan fingerprint density at radius 1 is 1.12 bits per heavy atom. The number of aromatic nitrogens is 3. The van der Waals surface area contributed by atoms with Gasteiger partial charge in [0, 0.05) is 19.1 Å². The molecule has 1 aliphatic carbocycles. The Balaban J connectivity index is 1.72. The van der Waals surface area contributed by atoms with Gasteiger partial charge in [-0.1, -0.05) is 30.3 Å². The topological polar surface area (TPSA) is 39.9 Å². The molecule has 0 amide bonds. The Kier molecular flexibility index (Phi) is 4.06. The van der Waals surface area contributed by atoms with E-state index in [4.69, 9.17) is 4.74 Å². The zero-order valence-electron chi connectivity index (χ0n) is 13.8. The van der Waals surface area contributed by atoms with E-state index in [1.165, 1.54) is 0 Å². The highest BCUT2D eigenvalue weighted by Gasteiger charge is 2.50. The molecule has 0 unspecified atom stereocenters. The van der Waals surface area contributed by atoms with E-state index in [-0.39, 0.29) is 11.3 Å². The summed E-state index contributed by atoms with van der Waals surface area (Å²) in [6, 6.07) is 9.84. The lowest BCUT2D eigenvalue weighted by Crippen LogP contribution is -2.24. The zero-order chi connectivity index (χ0) is 17.5. The van der Waals surface area contributed by atoms with Crippen molar-refractivity contribution in [2.45, 2.75) is 49.7 Å². The van der Waals surface area contributed by atoms with Crippen molar-refractivity contribution in [1.82, 2.24) is 14.8 Å². The SMILES string of the molecule is FC(F)(F)Cn1nc(C2(c3ccccc3)CC2)nc1C1CCOCC1. The van der Waals surface area contributed by atoms with E-state index in [1.807, 2.05) is 30.3 Å². The van der Waals surface area contributed by atoms with Gasteiger partial charge >= 0.3 is 6.18 Å². The molecule has 0 radical (unpaired) electrons. The van der Waals surface area contributed by atoms with Crippen LogP contribution in [0.2, 0.25) is 0 Å². The van der Waals surface area contributed by atoms with Crippen LogP contribution in [-0.4, -0.2) is 34.2 Å². The van der Waals surface area contributed by atoms with Crippen molar-refractivity contribution in [2.75, 3.05) is 13.2 Å². The Hall–Kier alpha value is -1.89. The Morgan fingerprint density at radius 2 is 1.80 bits per heavy atom. The first-order valence-electron chi connectivity index (χ1n) is 8.63. The minimum Gasteiger partial charge on any atom is -0.381 e. The second-order valence-electron chi connectivity index (χ2n) is 6.90. The van der Waals surface area contributed by atoms with Gasteiger partial charge in [-0.25, -0.2) is 9.67 Å². The highest BCUT2D eigenvalue weighted by atomic mass is 19.4. The first kappa shape index (κ1) is 16.6. The predicted octanol–water partition coefficient (Wildman–Crippen LogP) is 3.81. The summed E-state index contributed by atoms with van der Waals surface area (Å²) in [5, 5.41) is 4.33. The van der Waals surface area contributed by atoms with Gasteiger partial charge in [-0.15, -0.1) is 0 Å². The summed E-state index contributed by atoms with van der Waals surface area (Å²) in [4.78, 5) is 4.62. The molecule has 1 saturated carbocycles. The molecule has 25 heavy (non-hydrogen) atoms. The van der Waals surface area contributed by atoms with Crippen LogP contribution in [0.15, 0.2) is 30.3 Å². The highest BCUT2D eigenvalue weighted by Crippen LogP contribution is 2.52. The first-order chi connectivity index (χ1) is 12.0. The van der Waals surface area contributed by atoms with Crippen LogP contribution in [0.5, 0.6) is 0 Å². The third-order valence-corrected chi connectivity index (χ3v) is 5.12. The second-order valence-corrected chi connectivity index (χ2v) is 6.90. The largest absolute Gasteiger partial charge is 0.408 e. The first-order valence-corrected chi connectivity index (χ1v) is 8.63. The van der Waals surface area contributed by atoms with Crippen LogP contribution < -0.4 is 0 Å². The van der Waals surface area contributed by atoms with Crippen molar-refractivity contribution < 1.29 is 17.9 Å². The number of nitrogens with zero attached hydrogens (tertiary/aromatic N) is 3. The van der Waals surface area contributed by atoms with Gasteiger partial charge in [0.15, 0.2) is 5.82 Å². The van der Waals surface area contributed by atoms with E-state index in [0.717, 1.165) is 23.1 Å². The van der Waals surface area contributed by atoms with E-state index in [9.17, 15) is 13.2 Å². The van der Waals surface area contributed by atoms with Gasteiger partial charge in [0.2, 0.25) is 0 Å². The Bertz CT molecular complexity index is 732. The van der Waals surface area contributed by atoms with Gasteiger partial charge in [0.25, 0.3) is 0 Å². The maximum atomic E-state index is 13.0. The normalized spacial score (nSPS) is 20.6. The lowest BCUT2D eigenvalue weighted by molar-refractivity contribution is -0.143. The third kappa shape index (κ3) is 3.29. The summed E-state index contributed by atoms with van der Waals surface area (Å²) in [6.45, 7) is 0.0307. The van der Waals surface area contributed by atoms with Crippen molar-refractivity contribution in [3.8, 4) is 0 Å². The molecule has 4 nitrogen and oxygen atoms in total. The van der Waals surface area contributed by atoms with Crippen LogP contribution in [0.4, 0.5) is 13.2 Å². The van der Waals surface area contributed by atoms with Crippen molar-refractivity contribution in [2.24, 2.45) is 0 Å². The monoisotopic (exact) mass is 351 g/mol. The molecular formula is C18H20F3N3O. The standard InChI is InChI=1S/C18H20F3N3O/c19-18(20,21)12-24-15(13-6-10-25-11-7-13)22-16(23-24)17(8-9-17)14-4-2-1-3-5-14/h1-5,13H,6-12H2. The number of ether oxygens (including phenoxy) is 1. The van der Waals surface area contributed by atoms with Crippen LogP contribution in [0, 0.1) is 0 Å². The maximum Gasteiger partial charge on any atom is 0.408 e. The van der Waals surface area contributed by atoms with Crippen LogP contribution in [0.25, 0.3) is 0 Å². The molecule has 0 bridgehead atoms.